The first-order valence-electron chi connectivity index (χ1n) is 7.38. The van der Waals surface area contributed by atoms with Crippen LogP contribution in [0, 0.1) is 5.92 Å². The van der Waals surface area contributed by atoms with Crippen LogP contribution in [0.15, 0.2) is 34.2 Å². The molecule has 0 aliphatic carbocycles. The van der Waals surface area contributed by atoms with E-state index in [1.807, 2.05) is 6.07 Å². The van der Waals surface area contributed by atoms with Crippen LogP contribution in [-0.4, -0.2) is 44.8 Å². The van der Waals surface area contributed by atoms with E-state index in [2.05, 4.69) is 28.5 Å². The lowest BCUT2D eigenvalue weighted by Gasteiger charge is -2.19. The zero-order valence-corrected chi connectivity index (χ0v) is 13.2. The zero-order chi connectivity index (χ0) is 15.0. The van der Waals surface area contributed by atoms with Crippen molar-refractivity contribution in [3.63, 3.8) is 0 Å². The second kappa shape index (κ2) is 5.42. The van der Waals surface area contributed by atoms with Gasteiger partial charge in [0.05, 0.1) is 4.90 Å². The lowest BCUT2D eigenvalue weighted by molar-refractivity contribution is 0.266. The van der Waals surface area contributed by atoms with Crippen LogP contribution >= 0.6 is 0 Å². The monoisotopic (exact) mass is 307 g/mol. The Morgan fingerprint density at radius 3 is 2.86 bits per heavy atom. The van der Waals surface area contributed by atoms with E-state index < -0.39 is 10.0 Å². The number of hydrogen-bond acceptors (Lipinski definition) is 4. The Kier molecular flexibility index (Phi) is 3.75. The number of hydrogen-bond donors (Lipinski definition) is 1. The van der Waals surface area contributed by atoms with E-state index >= 15 is 0 Å². The third-order valence-corrected chi connectivity index (χ3v) is 5.62. The van der Waals surface area contributed by atoms with Gasteiger partial charge in [0.1, 0.15) is 5.84 Å². The summed E-state index contributed by atoms with van der Waals surface area (Å²) in [7, 11) is -3.42. The number of fused-ring (bicyclic) bond motifs is 1. The molecule has 1 fully saturated rings. The van der Waals surface area contributed by atoms with Crippen molar-refractivity contribution in [1.29, 1.82) is 0 Å². The average Bonchev–Trinajstić information content (AvgIpc) is 3.01. The Morgan fingerprint density at radius 2 is 2.14 bits per heavy atom. The van der Waals surface area contributed by atoms with Crippen LogP contribution in [0.25, 0.3) is 0 Å². The number of benzene rings is 1. The second-order valence-electron chi connectivity index (χ2n) is 6.03. The first kappa shape index (κ1) is 14.5. The molecule has 0 amide bonds. The molecule has 0 bridgehead atoms. The van der Waals surface area contributed by atoms with Gasteiger partial charge < -0.3 is 4.90 Å². The fraction of sp³-hybridized carbons (Fsp3) is 0.533. The van der Waals surface area contributed by atoms with Crippen LogP contribution in [0.4, 0.5) is 0 Å². The van der Waals surface area contributed by atoms with Crippen LogP contribution < -0.4 is 4.72 Å². The number of rotatable bonds is 3. The van der Waals surface area contributed by atoms with Crippen LogP contribution in [0.2, 0.25) is 0 Å². The Labute approximate surface area is 126 Å². The predicted molar refractivity (Wildman–Crippen MR) is 83.0 cm³/mol. The highest BCUT2D eigenvalue weighted by Crippen LogP contribution is 2.23. The van der Waals surface area contributed by atoms with Gasteiger partial charge in [0.25, 0.3) is 10.0 Å². The fourth-order valence-electron chi connectivity index (χ4n) is 2.95. The van der Waals surface area contributed by atoms with Gasteiger partial charge in [0, 0.05) is 24.7 Å². The number of nitrogens with one attached hydrogen (secondary N) is 1. The molecular weight excluding hydrogens is 286 g/mol. The van der Waals surface area contributed by atoms with Gasteiger partial charge in [0.2, 0.25) is 0 Å². The first-order chi connectivity index (χ1) is 9.97. The summed E-state index contributed by atoms with van der Waals surface area (Å²) in [5.41, 5.74) is 0.691. The molecule has 2 heterocycles. The van der Waals surface area contributed by atoms with Crippen molar-refractivity contribution >= 4 is 15.9 Å². The molecule has 1 aromatic carbocycles. The largest absolute Gasteiger partial charge is 0.301 e. The van der Waals surface area contributed by atoms with Crippen LogP contribution in [0.1, 0.15) is 25.8 Å². The summed E-state index contributed by atoms with van der Waals surface area (Å²) in [6, 6.07) is 7.57. The molecule has 2 aliphatic rings. The summed E-state index contributed by atoms with van der Waals surface area (Å²) in [5, 5.41) is 0. The highest BCUT2D eigenvalue weighted by molar-refractivity contribution is 7.90. The van der Waals surface area contributed by atoms with E-state index in [-0.39, 0.29) is 0 Å². The molecule has 0 aromatic heterocycles. The van der Waals surface area contributed by atoms with E-state index in [4.69, 9.17) is 0 Å². The molecule has 1 aromatic rings. The first-order valence-corrected chi connectivity index (χ1v) is 8.86. The molecule has 5 nitrogen and oxygen atoms in total. The molecule has 3 rings (SSSR count). The van der Waals surface area contributed by atoms with Gasteiger partial charge in [-0.3, -0.25) is 9.71 Å². The van der Waals surface area contributed by atoms with E-state index in [9.17, 15) is 8.42 Å². The normalized spacial score (nSPS) is 26.2. The average molecular weight is 307 g/mol. The molecule has 0 radical (unpaired) electrons. The summed E-state index contributed by atoms with van der Waals surface area (Å²) in [5.74, 6) is 1.01. The molecule has 1 atom stereocenters. The van der Waals surface area contributed by atoms with Crippen molar-refractivity contribution in [3.05, 3.63) is 29.8 Å². The standard InChI is InChI=1S/C15H21N3O2S/c1-11(2)18-8-7-12(10-18)9-16-15-13-5-3-4-6-14(13)21(19,20)17-15/h3-6,11-12H,7-10H2,1-2H3,(H,16,17). The van der Waals surface area contributed by atoms with Gasteiger partial charge in [0.15, 0.2) is 0 Å². The predicted octanol–water partition coefficient (Wildman–Crippen LogP) is 1.46. The van der Waals surface area contributed by atoms with Crippen LogP contribution in [0.5, 0.6) is 0 Å². The van der Waals surface area contributed by atoms with Crippen molar-refractivity contribution in [1.82, 2.24) is 9.62 Å². The van der Waals surface area contributed by atoms with Crippen molar-refractivity contribution in [2.24, 2.45) is 10.9 Å². The molecule has 1 unspecified atom stereocenters. The zero-order valence-electron chi connectivity index (χ0n) is 12.4. The summed E-state index contributed by atoms with van der Waals surface area (Å²) in [6.45, 7) is 7.24. The van der Waals surface area contributed by atoms with E-state index in [1.54, 1.807) is 18.2 Å². The maximum absolute atomic E-state index is 12.0. The molecule has 21 heavy (non-hydrogen) atoms. The minimum atomic E-state index is -3.42. The highest BCUT2D eigenvalue weighted by atomic mass is 32.2. The number of sulfonamides is 1. The topological polar surface area (TPSA) is 61.8 Å². The number of aliphatic imine (C=N–C) groups is 1. The third-order valence-electron chi connectivity index (χ3n) is 4.22. The smallest absolute Gasteiger partial charge is 0.263 e. The number of amidine groups is 1. The van der Waals surface area contributed by atoms with Crippen LogP contribution in [0.3, 0.4) is 0 Å². The molecule has 0 saturated carbocycles. The third kappa shape index (κ3) is 2.82. The van der Waals surface area contributed by atoms with Gasteiger partial charge >= 0.3 is 0 Å². The summed E-state index contributed by atoms with van der Waals surface area (Å²) < 4.78 is 26.6. The summed E-state index contributed by atoms with van der Waals surface area (Å²) in [6.07, 6.45) is 1.13. The van der Waals surface area contributed by atoms with Crippen molar-refractivity contribution in [3.8, 4) is 0 Å². The van der Waals surface area contributed by atoms with E-state index in [0.29, 0.717) is 34.8 Å². The molecule has 1 saturated heterocycles. The minimum Gasteiger partial charge on any atom is -0.301 e. The maximum Gasteiger partial charge on any atom is 0.263 e. The Bertz CT molecular complexity index is 667. The van der Waals surface area contributed by atoms with Crippen molar-refractivity contribution in [2.75, 3.05) is 19.6 Å². The molecule has 1 N–H and O–H groups in total. The van der Waals surface area contributed by atoms with Gasteiger partial charge in [-0.25, -0.2) is 8.42 Å². The van der Waals surface area contributed by atoms with Gasteiger partial charge in [-0.2, -0.15) is 0 Å². The molecule has 114 valence electrons. The quantitative estimate of drug-likeness (QED) is 0.919. The summed E-state index contributed by atoms with van der Waals surface area (Å²) in [4.78, 5) is 7.31. The van der Waals surface area contributed by atoms with E-state index in [0.717, 1.165) is 19.5 Å². The molecular formula is C15H21N3O2S. The van der Waals surface area contributed by atoms with E-state index in [1.165, 1.54) is 0 Å². The molecule has 2 aliphatic heterocycles. The number of likely N-dealkylation sites (tertiary alicyclic amines) is 1. The maximum atomic E-state index is 12.0. The van der Waals surface area contributed by atoms with Gasteiger partial charge in [-0.15, -0.1) is 0 Å². The Hall–Kier alpha value is -1.40. The SMILES string of the molecule is CC(C)N1CCC(CN=C2NS(=O)(=O)c3ccccc32)C1. The minimum absolute atomic E-state index is 0.332. The van der Waals surface area contributed by atoms with Gasteiger partial charge in [-0.1, -0.05) is 12.1 Å². The van der Waals surface area contributed by atoms with Gasteiger partial charge in [-0.05, 0) is 44.9 Å². The van der Waals surface area contributed by atoms with Crippen molar-refractivity contribution in [2.45, 2.75) is 31.2 Å². The Balaban J connectivity index is 1.74. The lowest BCUT2D eigenvalue weighted by Crippen LogP contribution is -2.28. The second-order valence-corrected chi connectivity index (χ2v) is 7.69. The summed E-state index contributed by atoms with van der Waals surface area (Å²) >= 11 is 0. The highest BCUT2D eigenvalue weighted by Gasteiger charge is 2.31. The molecule has 0 spiro atoms. The Morgan fingerprint density at radius 1 is 1.38 bits per heavy atom. The van der Waals surface area contributed by atoms with Crippen molar-refractivity contribution < 1.29 is 8.42 Å². The number of nitrogens with zero attached hydrogens (tertiary/aromatic N) is 2. The van der Waals surface area contributed by atoms with Crippen LogP contribution in [-0.2, 0) is 10.0 Å². The molecule has 6 heteroatoms. The lowest BCUT2D eigenvalue weighted by atomic mass is 10.1. The fourth-order valence-corrected chi connectivity index (χ4v) is 4.20.